The van der Waals surface area contributed by atoms with Crippen LogP contribution in [0.15, 0.2) is 24.3 Å². The second-order valence-electron chi connectivity index (χ2n) is 7.24. The molecule has 126 valence electrons. The average molecular weight is 320 g/mol. The number of carbonyl (C=O) groups is 1. The highest BCUT2D eigenvalue weighted by Crippen LogP contribution is 2.34. The third kappa shape index (κ3) is 4.52. The van der Waals surface area contributed by atoms with Crippen LogP contribution in [0.1, 0.15) is 31.2 Å². The number of β-amino-alcohol motifs (C(OH)–C–C–N with tert-alkyl or cyclic N) is 1. The predicted octanol–water partition coefficient (Wildman–Crippen LogP) is 2.02. The van der Waals surface area contributed by atoms with Crippen LogP contribution in [-0.4, -0.2) is 53.1 Å². The average Bonchev–Trinajstić information content (AvgIpc) is 3.22. The lowest BCUT2D eigenvalue weighted by Crippen LogP contribution is -2.44. The van der Waals surface area contributed by atoms with Gasteiger partial charge in [0.25, 0.3) is 0 Å². The van der Waals surface area contributed by atoms with Gasteiger partial charge in [0.15, 0.2) is 0 Å². The Kier molecular flexibility index (Phi) is 4.69. The van der Waals surface area contributed by atoms with Gasteiger partial charge < -0.3 is 10.0 Å². The minimum absolute atomic E-state index is 0.185. The molecule has 0 bridgehead atoms. The van der Waals surface area contributed by atoms with Gasteiger partial charge in [-0.05, 0) is 49.9 Å². The molecule has 1 atom stereocenters. The summed E-state index contributed by atoms with van der Waals surface area (Å²) in [7, 11) is 1.94. The van der Waals surface area contributed by atoms with Crippen LogP contribution in [0.4, 0.5) is 4.39 Å². The maximum Gasteiger partial charge on any atom is 0.222 e. The fraction of sp³-hybridized carbons (Fsp3) is 0.611. The summed E-state index contributed by atoms with van der Waals surface area (Å²) >= 11 is 0. The molecule has 23 heavy (non-hydrogen) atoms. The number of halogens is 1. The molecule has 1 aromatic rings. The van der Waals surface area contributed by atoms with Crippen molar-refractivity contribution in [2.45, 2.75) is 37.8 Å². The van der Waals surface area contributed by atoms with Gasteiger partial charge >= 0.3 is 0 Å². The van der Waals surface area contributed by atoms with Gasteiger partial charge in [-0.15, -0.1) is 0 Å². The summed E-state index contributed by atoms with van der Waals surface area (Å²) in [5.41, 5.74) is 0.172. The molecule has 4 nitrogen and oxygen atoms in total. The fourth-order valence-corrected chi connectivity index (χ4v) is 3.36. The zero-order chi connectivity index (χ0) is 16.4. The minimum Gasteiger partial charge on any atom is -0.387 e. The van der Waals surface area contributed by atoms with E-state index in [1.165, 1.54) is 25.0 Å². The van der Waals surface area contributed by atoms with Gasteiger partial charge in [-0.3, -0.25) is 9.69 Å². The molecule has 1 aliphatic heterocycles. The van der Waals surface area contributed by atoms with Crippen molar-refractivity contribution in [1.29, 1.82) is 0 Å². The first-order valence-electron chi connectivity index (χ1n) is 8.37. The molecule has 1 heterocycles. The Balaban J connectivity index is 1.50. The van der Waals surface area contributed by atoms with Crippen LogP contribution >= 0.6 is 0 Å². The van der Waals surface area contributed by atoms with E-state index in [0.717, 1.165) is 5.56 Å². The number of amides is 1. The van der Waals surface area contributed by atoms with Crippen molar-refractivity contribution in [3.05, 3.63) is 35.6 Å². The predicted molar refractivity (Wildman–Crippen MR) is 86.2 cm³/mol. The Morgan fingerprint density at radius 3 is 2.74 bits per heavy atom. The molecule has 1 aliphatic carbocycles. The zero-order valence-electron chi connectivity index (χ0n) is 13.7. The molecule has 1 N–H and O–H groups in total. The standard InChI is InChI=1S/C18H25FN2O2/c1-20(11-15-4-6-16(19)7-5-15)12-18(23)8-9-21(13-18)17(22)10-14-2-3-14/h4-7,14,23H,2-3,8-13H2,1H3. The van der Waals surface area contributed by atoms with E-state index in [1.54, 1.807) is 12.1 Å². The third-order valence-electron chi connectivity index (χ3n) is 4.78. The molecule has 1 saturated carbocycles. The lowest BCUT2D eigenvalue weighted by Gasteiger charge is -2.29. The number of likely N-dealkylation sites (N-methyl/N-ethyl adjacent to an activating group) is 1. The quantitative estimate of drug-likeness (QED) is 0.872. The van der Waals surface area contributed by atoms with E-state index in [1.807, 2.05) is 16.8 Å². The molecule has 1 saturated heterocycles. The zero-order valence-corrected chi connectivity index (χ0v) is 13.7. The molecule has 3 rings (SSSR count). The van der Waals surface area contributed by atoms with Gasteiger partial charge in [0.05, 0.1) is 12.1 Å². The van der Waals surface area contributed by atoms with Crippen molar-refractivity contribution < 1.29 is 14.3 Å². The molecule has 1 unspecified atom stereocenters. The number of likely N-dealkylation sites (tertiary alicyclic amines) is 1. The summed E-state index contributed by atoms with van der Waals surface area (Å²) in [5, 5.41) is 10.8. The summed E-state index contributed by atoms with van der Waals surface area (Å²) in [5.74, 6) is 0.526. The smallest absolute Gasteiger partial charge is 0.222 e. The molecule has 5 heteroatoms. The maximum absolute atomic E-state index is 12.9. The Labute approximate surface area is 136 Å². The molecule has 2 fully saturated rings. The second kappa shape index (κ2) is 6.57. The SMILES string of the molecule is CN(Cc1ccc(F)cc1)CC1(O)CCN(C(=O)CC2CC2)C1. The first-order valence-corrected chi connectivity index (χ1v) is 8.37. The van der Waals surface area contributed by atoms with Gasteiger partial charge in [-0.1, -0.05) is 12.1 Å². The van der Waals surface area contributed by atoms with Crippen LogP contribution in [0.2, 0.25) is 0 Å². The van der Waals surface area contributed by atoms with Crippen molar-refractivity contribution in [3.8, 4) is 0 Å². The van der Waals surface area contributed by atoms with Crippen LogP contribution in [0.3, 0.4) is 0 Å². The molecule has 0 aromatic heterocycles. The summed E-state index contributed by atoms with van der Waals surface area (Å²) < 4.78 is 12.9. The van der Waals surface area contributed by atoms with Crippen LogP contribution in [-0.2, 0) is 11.3 Å². The Morgan fingerprint density at radius 2 is 2.09 bits per heavy atom. The van der Waals surface area contributed by atoms with E-state index in [0.29, 0.717) is 44.9 Å². The Bertz CT molecular complexity index is 559. The van der Waals surface area contributed by atoms with Crippen molar-refractivity contribution >= 4 is 5.91 Å². The lowest BCUT2D eigenvalue weighted by atomic mass is 10.0. The summed E-state index contributed by atoms with van der Waals surface area (Å²) in [6, 6.07) is 6.42. The Hall–Kier alpha value is -1.46. The van der Waals surface area contributed by atoms with E-state index >= 15 is 0 Å². The van der Waals surface area contributed by atoms with Gasteiger partial charge in [-0.2, -0.15) is 0 Å². The van der Waals surface area contributed by atoms with E-state index in [9.17, 15) is 14.3 Å². The van der Waals surface area contributed by atoms with E-state index in [4.69, 9.17) is 0 Å². The summed E-state index contributed by atoms with van der Waals surface area (Å²) in [6.45, 7) is 2.23. The van der Waals surface area contributed by atoms with Crippen molar-refractivity contribution in [2.24, 2.45) is 5.92 Å². The van der Waals surface area contributed by atoms with Crippen molar-refractivity contribution in [3.63, 3.8) is 0 Å². The van der Waals surface area contributed by atoms with Crippen LogP contribution in [0.25, 0.3) is 0 Å². The normalized spacial score (nSPS) is 24.4. The highest BCUT2D eigenvalue weighted by Gasteiger charge is 2.39. The van der Waals surface area contributed by atoms with Crippen LogP contribution in [0.5, 0.6) is 0 Å². The van der Waals surface area contributed by atoms with Gasteiger partial charge in [0, 0.05) is 26.1 Å². The van der Waals surface area contributed by atoms with Crippen LogP contribution < -0.4 is 0 Å². The van der Waals surface area contributed by atoms with Gasteiger partial charge in [0.2, 0.25) is 5.91 Å². The fourth-order valence-electron chi connectivity index (χ4n) is 3.36. The molecule has 1 amide bonds. The van der Waals surface area contributed by atoms with E-state index in [-0.39, 0.29) is 11.7 Å². The number of aliphatic hydroxyl groups is 1. The number of rotatable bonds is 6. The third-order valence-corrected chi connectivity index (χ3v) is 4.78. The molecular weight excluding hydrogens is 295 g/mol. The Morgan fingerprint density at radius 1 is 1.39 bits per heavy atom. The van der Waals surface area contributed by atoms with Crippen molar-refractivity contribution in [1.82, 2.24) is 9.80 Å². The van der Waals surface area contributed by atoms with E-state index < -0.39 is 5.60 Å². The summed E-state index contributed by atoms with van der Waals surface area (Å²) in [6.07, 6.45) is 3.60. The maximum atomic E-state index is 12.9. The van der Waals surface area contributed by atoms with E-state index in [2.05, 4.69) is 0 Å². The van der Waals surface area contributed by atoms with Gasteiger partial charge in [-0.25, -0.2) is 4.39 Å². The molecule has 0 radical (unpaired) electrons. The highest BCUT2D eigenvalue weighted by molar-refractivity contribution is 5.77. The molecular formula is C18H25FN2O2. The number of carbonyl (C=O) groups excluding carboxylic acids is 1. The molecule has 0 spiro atoms. The van der Waals surface area contributed by atoms with Gasteiger partial charge in [0.1, 0.15) is 5.82 Å². The largest absolute Gasteiger partial charge is 0.387 e. The lowest BCUT2D eigenvalue weighted by molar-refractivity contribution is -0.131. The van der Waals surface area contributed by atoms with Crippen LogP contribution in [0, 0.1) is 11.7 Å². The summed E-state index contributed by atoms with van der Waals surface area (Å²) in [4.78, 5) is 16.0. The highest BCUT2D eigenvalue weighted by atomic mass is 19.1. The number of hydrogen-bond donors (Lipinski definition) is 1. The van der Waals surface area contributed by atoms with Crippen molar-refractivity contribution in [2.75, 3.05) is 26.7 Å². The topological polar surface area (TPSA) is 43.8 Å². The number of hydrogen-bond acceptors (Lipinski definition) is 3. The number of benzene rings is 1. The molecule has 1 aromatic carbocycles. The first-order chi connectivity index (χ1) is 10.9. The second-order valence-corrected chi connectivity index (χ2v) is 7.24. The molecule has 2 aliphatic rings. The monoisotopic (exact) mass is 320 g/mol. The number of nitrogens with zero attached hydrogens (tertiary/aromatic N) is 2. The first kappa shape index (κ1) is 16.4. The minimum atomic E-state index is -0.839.